The minimum atomic E-state index is -3.42. The summed E-state index contributed by atoms with van der Waals surface area (Å²) < 4.78 is 27.0. The van der Waals surface area contributed by atoms with E-state index in [9.17, 15) is 8.42 Å². The van der Waals surface area contributed by atoms with Crippen LogP contribution in [0.5, 0.6) is 0 Å². The molecule has 1 aromatic rings. The average molecular weight is 313 g/mol. The zero-order valence-corrected chi connectivity index (χ0v) is 14.2. The molecule has 0 radical (unpaired) electrons. The maximum absolute atomic E-state index is 12.2. The van der Waals surface area contributed by atoms with Crippen molar-refractivity contribution in [1.29, 1.82) is 0 Å². The smallest absolute Gasteiger partial charge is 0.240 e. The Morgan fingerprint density at radius 1 is 1.19 bits per heavy atom. The molecule has 21 heavy (non-hydrogen) atoms. The van der Waals surface area contributed by atoms with E-state index in [1.165, 1.54) is 0 Å². The Kier molecular flexibility index (Phi) is 7.31. The van der Waals surface area contributed by atoms with Crippen molar-refractivity contribution >= 4 is 10.0 Å². The lowest BCUT2D eigenvalue weighted by molar-refractivity contribution is 0.314. The van der Waals surface area contributed by atoms with Crippen LogP contribution in [0.2, 0.25) is 0 Å². The summed E-state index contributed by atoms with van der Waals surface area (Å²) in [5.74, 6) is 0. The largest absolute Gasteiger partial charge is 0.320 e. The van der Waals surface area contributed by atoms with Gasteiger partial charge in [-0.25, -0.2) is 13.1 Å². The molecule has 0 bridgehead atoms. The summed E-state index contributed by atoms with van der Waals surface area (Å²) in [6.45, 7) is 3.34. The summed E-state index contributed by atoms with van der Waals surface area (Å²) in [6.07, 6.45) is 1.99. The predicted molar refractivity (Wildman–Crippen MR) is 87.0 cm³/mol. The van der Waals surface area contributed by atoms with Gasteiger partial charge in [-0.1, -0.05) is 12.1 Å². The molecule has 2 N–H and O–H groups in total. The van der Waals surface area contributed by atoms with E-state index in [1.807, 2.05) is 45.1 Å². The van der Waals surface area contributed by atoms with Crippen molar-refractivity contribution in [3.05, 3.63) is 29.8 Å². The van der Waals surface area contributed by atoms with Crippen molar-refractivity contribution < 1.29 is 8.42 Å². The number of hydrogen-bond acceptors (Lipinski definition) is 4. The Balaban J connectivity index is 2.62. The number of sulfonamides is 1. The molecule has 1 rings (SSSR count). The van der Waals surface area contributed by atoms with Crippen molar-refractivity contribution in [2.45, 2.75) is 30.7 Å². The van der Waals surface area contributed by atoms with Crippen LogP contribution in [0.4, 0.5) is 0 Å². The van der Waals surface area contributed by atoms with Crippen molar-refractivity contribution in [2.75, 3.05) is 34.2 Å². The van der Waals surface area contributed by atoms with Crippen molar-refractivity contribution in [3.8, 4) is 0 Å². The standard InChI is InChI=1S/C15H27N3O2S/c1-13(18(3)4)12-17-21(19,20)15-9-7-14(8-10-15)6-5-11-16-2/h7-10,13,16-17H,5-6,11-12H2,1-4H3. The van der Waals surface area contributed by atoms with Crippen molar-refractivity contribution in [2.24, 2.45) is 0 Å². The van der Waals surface area contributed by atoms with Crippen LogP contribution < -0.4 is 10.0 Å². The van der Waals surface area contributed by atoms with Crippen LogP contribution in [0, 0.1) is 0 Å². The van der Waals surface area contributed by atoms with E-state index in [0.717, 1.165) is 24.9 Å². The molecular formula is C15H27N3O2S. The third kappa shape index (κ3) is 6.13. The van der Waals surface area contributed by atoms with Crippen LogP contribution in [-0.2, 0) is 16.4 Å². The molecule has 0 amide bonds. The Morgan fingerprint density at radius 2 is 1.81 bits per heavy atom. The van der Waals surface area contributed by atoms with E-state index in [-0.39, 0.29) is 6.04 Å². The fraction of sp³-hybridized carbons (Fsp3) is 0.600. The van der Waals surface area contributed by atoms with Gasteiger partial charge < -0.3 is 10.2 Å². The first-order chi connectivity index (χ1) is 9.86. The van der Waals surface area contributed by atoms with E-state index in [1.54, 1.807) is 12.1 Å². The molecule has 1 atom stereocenters. The summed E-state index contributed by atoms with van der Waals surface area (Å²) in [5, 5.41) is 3.10. The van der Waals surface area contributed by atoms with E-state index >= 15 is 0 Å². The lowest BCUT2D eigenvalue weighted by Crippen LogP contribution is -2.38. The average Bonchev–Trinajstić information content (AvgIpc) is 2.45. The number of rotatable bonds is 9. The van der Waals surface area contributed by atoms with Gasteiger partial charge in [-0.2, -0.15) is 0 Å². The number of likely N-dealkylation sites (N-methyl/N-ethyl adjacent to an activating group) is 1. The SMILES string of the molecule is CNCCCc1ccc(S(=O)(=O)NCC(C)N(C)C)cc1. The summed E-state index contributed by atoms with van der Waals surface area (Å²) in [7, 11) is 2.37. The van der Waals surface area contributed by atoms with Gasteiger partial charge in [0.25, 0.3) is 0 Å². The van der Waals surface area contributed by atoms with Crippen LogP contribution in [0.1, 0.15) is 18.9 Å². The zero-order chi connectivity index (χ0) is 15.9. The molecule has 0 fully saturated rings. The van der Waals surface area contributed by atoms with Gasteiger partial charge in [0.1, 0.15) is 0 Å². The third-order valence-corrected chi connectivity index (χ3v) is 5.02. The molecule has 0 aliphatic heterocycles. The van der Waals surface area contributed by atoms with E-state index in [2.05, 4.69) is 10.0 Å². The monoisotopic (exact) mass is 313 g/mol. The minimum absolute atomic E-state index is 0.153. The van der Waals surface area contributed by atoms with Crippen LogP contribution in [0.25, 0.3) is 0 Å². The number of nitrogens with zero attached hydrogens (tertiary/aromatic N) is 1. The highest BCUT2D eigenvalue weighted by atomic mass is 32.2. The van der Waals surface area contributed by atoms with Gasteiger partial charge in [0.2, 0.25) is 10.0 Å². The fourth-order valence-electron chi connectivity index (χ4n) is 1.80. The van der Waals surface area contributed by atoms with Crippen LogP contribution in [-0.4, -0.2) is 53.6 Å². The molecule has 1 unspecified atom stereocenters. The summed E-state index contributed by atoms with van der Waals surface area (Å²) in [5.41, 5.74) is 1.16. The first-order valence-electron chi connectivity index (χ1n) is 7.26. The summed E-state index contributed by atoms with van der Waals surface area (Å²) in [6, 6.07) is 7.29. The molecule has 5 nitrogen and oxygen atoms in total. The lowest BCUT2D eigenvalue weighted by atomic mass is 10.1. The molecule has 0 aliphatic carbocycles. The molecule has 6 heteroatoms. The van der Waals surface area contributed by atoms with Gasteiger partial charge in [-0.3, -0.25) is 0 Å². The first-order valence-corrected chi connectivity index (χ1v) is 8.74. The lowest BCUT2D eigenvalue weighted by Gasteiger charge is -2.20. The van der Waals surface area contributed by atoms with Crippen LogP contribution in [0.15, 0.2) is 29.2 Å². The highest BCUT2D eigenvalue weighted by Crippen LogP contribution is 2.12. The van der Waals surface area contributed by atoms with Gasteiger partial charge >= 0.3 is 0 Å². The molecular weight excluding hydrogens is 286 g/mol. The normalized spacial score (nSPS) is 13.6. The highest BCUT2D eigenvalue weighted by Gasteiger charge is 2.15. The second-order valence-corrected chi connectivity index (χ2v) is 7.28. The number of aryl methyl sites for hydroxylation is 1. The molecule has 120 valence electrons. The molecule has 0 aromatic heterocycles. The summed E-state index contributed by atoms with van der Waals surface area (Å²) in [4.78, 5) is 2.30. The van der Waals surface area contributed by atoms with Gasteiger partial charge in [0, 0.05) is 12.6 Å². The Bertz CT molecular complexity index is 512. The van der Waals surface area contributed by atoms with Crippen LogP contribution >= 0.6 is 0 Å². The van der Waals surface area contributed by atoms with Crippen molar-refractivity contribution in [1.82, 2.24) is 14.9 Å². The Hall–Kier alpha value is -0.950. The molecule has 0 heterocycles. The molecule has 0 aliphatic rings. The van der Waals surface area contributed by atoms with Crippen LogP contribution in [0.3, 0.4) is 0 Å². The highest BCUT2D eigenvalue weighted by molar-refractivity contribution is 7.89. The number of nitrogens with one attached hydrogen (secondary N) is 2. The number of benzene rings is 1. The molecule has 1 aromatic carbocycles. The minimum Gasteiger partial charge on any atom is -0.320 e. The molecule has 0 saturated carbocycles. The van der Waals surface area contributed by atoms with Gasteiger partial charge in [-0.05, 0) is 65.1 Å². The first kappa shape index (κ1) is 18.1. The van der Waals surface area contributed by atoms with Crippen molar-refractivity contribution in [3.63, 3.8) is 0 Å². The second-order valence-electron chi connectivity index (χ2n) is 5.52. The molecule has 0 spiro atoms. The topological polar surface area (TPSA) is 61.4 Å². The summed E-state index contributed by atoms with van der Waals surface area (Å²) >= 11 is 0. The number of hydrogen-bond donors (Lipinski definition) is 2. The van der Waals surface area contributed by atoms with E-state index < -0.39 is 10.0 Å². The van der Waals surface area contributed by atoms with Gasteiger partial charge in [0.05, 0.1) is 4.90 Å². The third-order valence-electron chi connectivity index (χ3n) is 3.58. The Labute approximate surface area is 128 Å². The second kappa shape index (κ2) is 8.48. The quantitative estimate of drug-likeness (QED) is 0.670. The predicted octanol–water partition coefficient (Wildman–Crippen LogP) is 1.07. The Morgan fingerprint density at radius 3 is 2.33 bits per heavy atom. The van der Waals surface area contributed by atoms with E-state index in [0.29, 0.717) is 11.4 Å². The fourth-order valence-corrected chi connectivity index (χ4v) is 2.92. The zero-order valence-electron chi connectivity index (χ0n) is 13.4. The maximum atomic E-state index is 12.2. The van der Waals surface area contributed by atoms with Gasteiger partial charge in [0.15, 0.2) is 0 Å². The van der Waals surface area contributed by atoms with Gasteiger partial charge in [-0.15, -0.1) is 0 Å². The van der Waals surface area contributed by atoms with E-state index in [4.69, 9.17) is 0 Å². The molecule has 0 saturated heterocycles. The maximum Gasteiger partial charge on any atom is 0.240 e.